The summed E-state index contributed by atoms with van der Waals surface area (Å²) in [5, 5.41) is -0.0667. The van der Waals surface area contributed by atoms with E-state index in [0.29, 0.717) is 0 Å². The van der Waals surface area contributed by atoms with Gasteiger partial charge in [0.2, 0.25) is 0 Å². The topological polar surface area (TPSA) is 98.8 Å². The molecule has 0 aliphatic rings. The van der Waals surface area contributed by atoms with Crippen LogP contribution in [-0.4, -0.2) is 72.3 Å². The van der Waals surface area contributed by atoms with E-state index in [1.807, 2.05) is 60.7 Å². The largest absolute Gasteiger partial charge is 0.467 e. The highest BCUT2D eigenvalue weighted by atomic mass is 28.4. The van der Waals surface area contributed by atoms with E-state index in [0.717, 1.165) is 11.1 Å². The summed E-state index contributed by atoms with van der Waals surface area (Å²) in [7, 11) is 0.426. The van der Waals surface area contributed by atoms with Crippen LogP contribution in [0.4, 0.5) is 0 Å². The first-order chi connectivity index (χ1) is 19.4. The number of methoxy groups -OCH3 is 2. The Bertz CT molecular complexity index is 1040. The Balaban J connectivity index is 2.56. The highest BCUT2D eigenvalue weighted by molar-refractivity contribution is 6.74. The first-order valence-electron chi connectivity index (χ1n) is 13.7. The second kappa shape index (κ2) is 16.7. The van der Waals surface area contributed by atoms with Gasteiger partial charge in [-0.3, -0.25) is 4.79 Å². The zero-order valence-corrected chi connectivity index (χ0v) is 26.6. The summed E-state index contributed by atoms with van der Waals surface area (Å²) < 4.78 is 41.0. The SMILES string of the molecule is COCO[C@H](C(=O)OC)[C@H](OC(C)=O)[C@H](OCc1ccccc1)[C@H](CO[Si](C)(C)C(C)(C)C)OCc1ccccc1. The molecule has 0 aliphatic carbocycles. The van der Waals surface area contributed by atoms with Crippen molar-refractivity contribution in [1.29, 1.82) is 0 Å². The molecule has 2 rings (SSSR count). The molecule has 0 fully saturated rings. The highest BCUT2D eigenvalue weighted by Crippen LogP contribution is 2.37. The van der Waals surface area contributed by atoms with Crippen molar-refractivity contribution in [2.75, 3.05) is 27.6 Å². The van der Waals surface area contributed by atoms with Crippen LogP contribution in [0.25, 0.3) is 0 Å². The lowest BCUT2D eigenvalue weighted by Crippen LogP contribution is -2.55. The van der Waals surface area contributed by atoms with Gasteiger partial charge in [0.25, 0.3) is 0 Å². The maximum Gasteiger partial charge on any atom is 0.339 e. The molecule has 9 nitrogen and oxygen atoms in total. The summed E-state index contributed by atoms with van der Waals surface area (Å²) in [6.45, 7) is 12.3. The average molecular weight is 591 g/mol. The van der Waals surface area contributed by atoms with E-state index in [2.05, 4.69) is 33.9 Å². The van der Waals surface area contributed by atoms with Crippen molar-refractivity contribution < 1.29 is 42.4 Å². The van der Waals surface area contributed by atoms with Crippen LogP contribution in [0, 0.1) is 0 Å². The van der Waals surface area contributed by atoms with Gasteiger partial charge in [0, 0.05) is 14.0 Å². The lowest BCUT2D eigenvalue weighted by Gasteiger charge is -2.40. The lowest BCUT2D eigenvalue weighted by atomic mass is 10.0. The smallest absolute Gasteiger partial charge is 0.339 e. The highest BCUT2D eigenvalue weighted by Gasteiger charge is 2.45. The molecule has 0 saturated carbocycles. The summed E-state index contributed by atoms with van der Waals surface area (Å²) in [5.74, 6) is -1.36. The molecule has 0 radical (unpaired) electrons. The van der Waals surface area contributed by atoms with Crippen LogP contribution < -0.4 is 0 Å². The zero-order valence-electron chi connectivity index (χ0n) is 25.6. The zero-order chi connectivity index (χ0) is 30.5. The molecule has 41 heavy (non-hydrogen) atoms. The molecule has 10 heteroatoms. The predicted octanol–water partition coefficient (Wildman–Crippen LogP) is 5.27. The number of carbonyl (C=O) groups excluding carboxylic acids is 2. The third kappa shape index (κ3) is 11.3. The van der Waals surface area contributed by atoms with Crippen LogP contribution in [0.3, 0.4) is 0 Å². The van der Waals surface area contributed by atoms with Crippen LogP contribution >= 0.6 is 0 Å². The van der Waals surface area contributed by atoms with Crippen LogP contribution in [0.2, 0.25) is 18.1 Å². The van der Waals surface area contributed by atoms with E-state index in [9.17, 15) is 9.59 Å². The fourth-order valence-electron chi connectivity index (χ4n) is 3.75. The van der Waals surface area contributed by atoms with Crippen molar-refractivity contribution in [3.8, 4) is 0 Å². The lowest BCUT2D eigenvalue weighted by molar-refractivity contribution is -0.213. The molecule has 0 spiro atoms. The van der Waals surface area contributed by atoms with Crippen LogP contribution in [0.5, 0.6) is 0 Å². The minimum Gasteiger partial charge on any atom is -0.467 e. The van der Waals surface area contributed by atoms with E-state index in [-0.39, 0.29) is 31.7 Å². The maximum absolute atomic E-state index is 13.0. The number of hydrogen-bond acceptors (Lipinski definition) is 9. The van der Waals surface area contributed by atoms with E-state index in [4.69, 9.17) is 32.8 Å². The second-order valence-electron chi connectivity index (χ2n) is 11.3. The maximum atomic E-state index is 13.0. The molecule has 2 aromatic carbocycles. The molecule has 4 atom stereocenters. The van der Waals surface area contributed by atoms with Gasteiger partial charge in [0.15, 0.2) is 20.5 Å². The Morgan fingerprint density at radius 2 is 1.34 bits per heavy atom. The first-order valence-corrected chi connectivity index (χ1v) is 16.6. The Hall–Kier alpha value is -2.60. The van der Waals surface area contributed by atoms with Gasteiger partial charge in [-0.15, -0.1) is 0 Å². The monoisotopic (exact) mass is 590 g/mol. The summed E-state index contributed by atoms with van der Waals surface area (Å²) >= 11 is 0. The predicted molar refractivity (Wildman–Crippen MR) is 158 cm³/mol. The number of esters is 2. The van der Waals surface area contributed by atoms with Crippen LogP contribution in [-0.2, 0) is 55.7 Å². The standard InChI is InChI=1S/C31H46O9Si/c1-23(32)40-28(29(30(33)35-6)38-22-34-5)27(37-20-25-17-13-10-14-18-25)26(21-39-41(7,8)31(2,3)4)36-19-24-15-11-9-12-16-24/h9-18,26-29H,19-22H2,1-8H3/t26-,27+,28+,29-/m0/s1. The summed E-state index contributed by atoms with van der Waals surface area (Å²) in [6.07, 6.45) is -4.31. The Labute approximate surface area is 245 Å². The Morgan fingerprint density at radius 3 is 1.80 bits per heavy atom. The van der Waals surface area contributed by atoms with Gasteiger partial charge < -0.3 is 32.8 Å². The number of hydrogen-bond donors (Lipinski definition) is 0. The molecule has 0 N–H and O–H groups in total. The van der Waals surface area contributed by atoms with E-state index in [1.54, 1.807) is 0 Å². The quantitative estimate of drug-likeness (QED) is 0.139. The molecule has 0 unspecified atom stereocenters. The number of rotatable bonds is 17. The van der Waals surface area contributed by atoms with Crippen molar-refractivity contribution in [2.24, 2.45) is 0 Å². The molecule has 228 valence electrons. The number of benzene rings is 2. The van der Waals surface area contributed by atoms with Crippen LogP contribution in [0.1, 0.15) is 38.8 Å². The molecule has 0 aliphatic heterocycles. The van der Waals surface area contributed by atoms with Gasteiger partial charge in [-0.05, 0) is 29.3 Å². The van der Waals surface area contributed by atoms with Gasteiger partial charge in [-0.1, -0.05) is 81.4 Å². The Kier molecular flexibility index (Phi) is 14.1. The molecule has 0 aromatic heterocycles. The third-order valence-corrected chi connectivity index (χ3v) is 11.6. The minimum atomic E-state index is -2.24. The second-order valence-corrected chi connectivity index (χ2v) is 16.1. The molecule has 2 aromatic rings. The summed E-state index contributed by atoms with van der Waals surface area (Å²) in [5.41, 5.74) is 1.83. The van der Waals surface area contributed by atoms with Crippen molar-refractivity contribution >= 4 is 20.3 Å². The fourth-order valence-corrected chi connectivity index (χ4v) is 4.76. The van der Waals surface area contributed by atoms with E-state index in [1.165, 1.54) is 21.1 Å². The van der Waals surface area contributed by atoms with Crippen LogP contribution in [0.15, 0.2) is 60.7 Å². The number of carbonyl (C=O) groups is 2. The average Bonchev–Trinajstić information content (AvgIpc) is 2.94. The number of ether oxygens (including phenoxy) is 6. The molecule has 0 saturated heterocycles. The van der Waals surface area contributed by atoms with Crippen molar-refractivity contribution in [3.63, 3.8) is 0 Å². The van der Waals surface area contributed by atoms with Gasteiger partial charge in [0.05, 0.1) is 26.9 Å². The van der Waals surface area contributed by atoms with E-state index >= 15 is 0 Å². The van der Waals surface area contributed by atoms with E-state index < -0.39 is 44.7 Å². The normalized spacial score (nSPS) is 15.0. The van der Waals surface area contributed by atoms with Gasteiger partial charge in [0.1, 0.15) is 19.0 Å². The fraction of sp³-hybridized carbons (Fsp3) is 0.548. The van der Waals surface area contributed by atoms with Crippen molar-refractivity contribution in [1.82, 2.24) is 0 Å². The third-order valence-electron chi connectivity index (χ3n) is 7.10. The van der Waals surface area contributed by atoms with Crippen molar-refractivity contribution in [3.05, 3.63) is 71.8 Å². The minimum absolute atomic E-state index is 0.0667. The summed E-state index contributed by atoms with van der Waals surface area (Å²) in [6, 6.07) is 19.2. The first kappa shape index (κ1) is 34.6. The van der Waals surface area contributed by atoms with Gasteiger partial charge >= 0.3 is 11.9 Å². The molecule has 0 heterocycles. The summed E-state index contributed by atoms with van der Waals surface area (Å²) in [4.78, 5) is 25.3. The van der Waals surface area contributed by atoms with Crippen molar-refractivity contribution in [2.45, 2.75) is 83.5 Å². The molecular weight excluding hydrogens is 544 g/mol. The van der Waals surface area contributed by atoms with Gasteiger partial charge in [-0.25, -0.2) is 4.79 Å². The molecular formula is C31H46O9Si. The molecule has 0 bridgehead atoms. The Morgan fingerprint density at radius 1 is 0.805 bits per heavy atom. The molecule has 0 amide bonds. The van der Waals surface area contributed by atoms with Gasteiger partial charge in [-0.2, -0.15) is 0 Å².